The molecule has 0 aromatic carbocycles. The summed E-state index contributed by atoms with van der Waals surface area (Å²) in [5, 5.41) is 9.71. The Kier molecular flexibility index (Phi) is 25.5. The van der Waals surface area contributed by atoms with Crippen LogP contribution in [0.5, 0.6) is 0 Å². The molecule has 4 saturated heterocycles. The molecule has 4 aliphatic rings. The number of likely N-dealkylation sites (tertiary alicyclic amines) is 1. The van der Waals surface area contributed by atoms with Crippen LogP contribution in [0, 0.1) is 5.92 Å². The molecule has 4 fully saturated rings. The van der Waals surface area contributed by atoms with Gasteiger partial charge >= 0.3 is 0 Å². The Labute approximate surface area is 262 Å². The molecule has 0 aromatic rings. The summed E-state index contributed by atoms with van der Waals surface area (Å²) in [5.41, 5.74) is 3.75. The van der Waals surface area contributed by atoms with E-state index >= 15 is 0 Å². The minimum atomic E-state index is -0.471. The number of piperidine rings is 1. The number of likely N-dealkylation sites (N-methyl/N-ethyl adjacent to an activating group) is 2. The van der Waals surface area contributed by atoms with Gasteiger partial charge in [-0.15, -0.1) is 0 Å². The Hall–Kier alpha value is -0.650. The number of nitrogens with zero attached hydrogens (tertiary/aromatic N) is 5. The van der Waals surface area contributed by atoms with Crippen molar-refractivity contribution in [2.75, 3.05) is 107 Å². The fourth-order valence-corrected chi connectivity index (χ4v) is 5.41. The van der Waals surface area contributed by atoms with Gasteiger partial charge in [-0.3, -0.25) is 9.80 Å². The maximum absolute atomic E-state index is 10.8. The first kappa shape index (κ1) is 43.5. The SMILES string of the molecule is CC.CC.CN.CN1CCC(C(C)(C)O)CC1.CN1CCN(C(C)(C)C=O)CC1.CN1CCN(C2CCOCC2)CC1. The molecule has 0 bridgehead atoms. The first-order valence-electron chi connectivity index (χ1n) is 16.8. The van der Waals surface area contributed by atoms with Crippen molar-refractivity contribution in [2.24, 2.45) is 11.7 Å². The molecular formula is C33H74N6O3. The summed E-state index contributed by atoms with van der Waals surface area (Å²) in [4.78, 5) is 22.7. The first-order valence-corrected chi connectivity index (χ1v) is 16.8. The third-order valence-electron chi connectivity index (χ3n) is 8.57. The van der Waals surface area contributed by atoms with Gasteiger partial charge in [-0.05, 0) is 101 Å². The van der Waals surface area contributed by atoms with E-state index in [4.69, 9.17) is 4.74 Å². The highest BCUT2D eigenvalue weighted by atomic mass is 16.5. The van der Waals surface area contributed by atoms with Crippen LogP contribution in [-0.4, -0.2) is 160 Å². The number of carbonyl (C=O) groups is 1. The van der Waals surface area contributed by atoms with Crippen LogP contribution < -0.4 is 5.73 Å². The van der Waals surface area contributed by atoms with E-state index in [-0.39, 0.29) is 5.54 Å². The third kappa shape index (κ3) is 18.2. The number of rotatable bonds is 4. The lowest BCUT2D eigenvalue weighted by Gasteiger charge is -2.40. The van der Waals surface area contributed by atoms with Gasteiger partial charge in [0.1, 0.15) is 6.29 Å². The van der Waals surface area contributed by atoms with Gasteiger partial charge in [-0.2, -0.15) is 0 Å². The summed E-state index contributed by atoms with van der Waals surface area (Å²) in [5.74, 6) is 0.499. The maximum atomic E-state index is 10.8. The molecule has 0 radical (unpaired) electrons. The Morgan fingerprint density at radius 1 is 0.667 bits per heavy atom. The summed E-state index contributed by atoms with van der Waals surface area (Å²) in [6.45, 7) is 29.1. The number of aldehydes is 1. The van der Waals surface area contributed by atoms with Gasteiger partial charge in [-0.1, -0.05) is 27.7 Å². The molecule has 3 N–H and O–H groups in total. The topological polar surface area (TPSA) is 88.7 Å². The van der Waals surface area contributed by atoms with Crippen molar-refractivity contribution in [3.8, 4) is 0 Å². The monoisotopic (exact) mass is 603 g/mol. The van der Waals surface area contributed by atoms with Gasteiger partial charge < -0.3 is 35.1 Å². The lowest BCUT2D eigenvalue weighted by atomic mass is 9.83. The molecular weight excluding hydrogens is 528 g/mol. The van der Waals surface area contributed by atoms with E-state index in [2.05, 4.69) is 51.4 Å². The van der Waals surface area contributed by atoms with E-state index in [9.17, 15) is 9.90 Å². The second-order valence-electron chi connectivity index (χ2n) is 12.5. The number of hydrogen-bond donors (Lipinski definition) is 2. The van der Waals surface area contributed by atoms with Crippen LogP contribution in [0.1, 0.15) is 81.1 Å². The molecule has 4 aliphatic heterocycles. The largest absolute Gasteiger partial charge is 0.390 e. The highest BCUT2D eigenvalue weighted by Gasteiger charge is 2.30. The Bertz CT molecular complexity index is 601. The van der Waals surface area contributed by atoms with Crippen LogP contribution in [0.4, 0.5) is 0 Å². The van der Waals surface area contributed by atoms with Crippen molar-refractivity contribution in [3.05, 3.63) is 0 Å². The van der Waals surface area contributed by atoms with Gasteiger partial charge in [0.05, 0.1) is 11.1 Å². The lowest BCUT2D eigenvalue weighted by molar-refractivity contribution is -0.117. The second-order valence-corrected chi connectivity index (χ2v) is 12.5. The van der Waals surface area contributed by atoms with Crippen molar-refractivity contribution in [1.82, 2.24) is 24.5 Å². The molecule has 42 heavy (non-hydrogen) atoms. The quantitative estimate of drug-likeness (QED) is 0.471. The Balaban J connectivity index is 0. The van der Waals surface area contributed by atoms with Crippen molar-refractivity contribution < 1.29 is 14.6 Å². The van der Waals surface area contributed by atoms with Crippen molar-refractivity contribution in [2.45, 2.75) is 98.3 Å². The van der Waals surface area contributed by atoms with Crippen molar-refractivity contribution in [3.63, 3.8) is 0 Å². The normalized spacial score (nSPS) is 22.2. The summed E-state index contributed by atoms with van der Waals surface area (Å²) in [7, 11) is 7.97. The number of piperazine rings is 2. The van der Waals surface area contributed by atoms with Gasteiger partial charge in [0.25, 0.3) is 0 Å². The van der Waals surface area contributed by atoms with E-state index in [0.717, 1.165) is 77.7 Å². The second kappa shape index (κ2) is 24.6. The molecule has 4 heterocycles. The van der Waals surface area contributed by atoms with Crippen LogP contribution in [0.15, 0.2) is 0 Å². The van der Waals surface area contributed by atoms with Gasteiger partial charge in [0, 0.05) is 71.6 Å². The van der Waals surface area contributed by atoms with E-state index in [0.29, 0.717) is 5.92 Å². The van der Waals surface area contributed by atoms with Crippen LogP contribution in [0.25, 0.3) is 0 Å². The molecule has 9 heteroatoms. The molecule has 0 spiro atoms. The predicted molar refractivity (Wildman–Crippen MR) is 181 cm³/mol. The maximum Gasteiger partial charge on any atom is 0.139 e. The van der Waals surface area contributed by atoms with Crippen LogP contribution in [0.2, 0.25) is 0 Å². The average molecular weight is 603 g/mol. The summed E-state index contributed by atoms with van der Waals surface area (Å²) in [6, 6.07) is 0.808. The lowest BCUT2D eigenvalue weighted by Crippen LogP contribution is -2.54. The smallest absolute Gasteiger partial charge is 0.139 e. The molecule has 0 aliphatic carbocycles. The zero-order valence-electron chi connectivity index (χ0n) is 30.1. The summed E-state index contributed by atoms with van der Waals surface area (Å²) < 4.78 is 5.37. The zero-order chi connectivity index (χ0) is 32.8. The highest BCUT2D eigenvalue weighted by Crippen LogP contribution is 2.26. The van der Waals surface area contributed by atoms with Gasteiger partial charge in [-0.25, -0.2) is 0 Å². The fraction of sp³-hybridized carbons (Fsp3) is 0.970. The average Bonchev–Trinajstić information content (AvgIpc) is 3.02. The number of ether oxygens (including phenoxy) is 1. The fourth-order valence-electron chi connectivity index (χ4n) is 5.41. The highest BCUT2D eigenvalue weighted by molar-refractivity contribution is 5.62. The molecule has 0 atom stereocenters. The van der Waals surface area contributed by atoms with Crippen LogP contribution in [-0.2, 0) is 9.53 Å². The third-order valence-corrected chi connectivity index (χ3v) is 8.57. The number of aliphatic hydroxyl groups is 1. The molecule has 0 aromatic heterocycles. The molecule has 0 saturated carbocycles. The Morgan fingerprint density at radius 2 is 1.05 bits per heavy atom. The molecule has 9 nitrogen and oxygen atoms in total. The van der Waals surface area contributed by atoms with Crippen molar-refractivity contribution in [1.29, 1.82) is 0 Å². The summed E-state index contributed by atoms with van der Waals surface area (Å²) >= 11 is 0. The van der Waals surface area contributed by atoms with E-state index in [1.165, 1.54) is 46.1 Å². The first-order chi connectivity index (χ1) is 19.9. The molecule has 4 rings (SSSR count). The van der Waals surface area contributed by atoms with E-state index in [1.807, 2.05) is 55.4 Å². The predicted octanol–water partition coefficient (Wildman–Crippen LogP) is 3.35. The zero-order valence-corrected chi connectivity index (χ0v) is 30.1. The van der Waals surface area contributed by atoms with E-state index < -0.39 is 5.60 Å². The van der Waals surface area contributed by atoms with E-state index in [1.54, 1.807) is 0 Å². The standard InChI is InChI=1S/C10H20N2O.C9H18N2O.C9H19NO.2C2H6.CH5N/c1-11-4-6-12(7-5-11)10-2-8-13-9-3-10;1-9(2,8-12)11-6-4-10(3)5-7-11;1-9(2,11)8-4-6-10(3)7-5-8;3*1-2/h10H,2-9H2,1H3;8H,4-7H2,1-3H3;8,11H,4-7H2,1-3H3;2*1-2H3;2H2,1H3. The van der Waals surface area contributed by atoms with Crippen molar-refractivity contribution >= 4 is 6.29 Å². The number of nitrogens with two attached hydrogens (primary N) is 1. The van der Waals surface area contributed by atoms with Crippen LogP contribution in [0.3, 0.4) is 0 Å². The number of carbonyl (C=O) groups excluding carboxylic acids is 1. The minimum Gasteiger partial charge on any atom is -0.390 e. The molecule has 254 valence electrons. The Morgan fingerprint density at radius 3 is 1.43 bits per heavy atom. The van der Waals surface area contributed by atoms with Crippen LogP contribution >= 0.6 is 0 Å². The molecule has 0 unspecified atom stereocenters. The number of hydrogen-bond acceptors (Lipinski definition) is 9. The van der Waals surface area contributed by atoms with Gasteiger partial charge in [0.2, 0.25) is 0 Å². The molecule has 0 amide bonds. The van der Waals surface area contributed by atoms with Gasteiger partial charge in [0.15, 0.2) is 0 Å². The minimum absolute atomic E-state index is 0.277. The summed E-state index contributed by atoms with van der Waals surface area (Å²) in [6.07, 6.45) is 5.80.